The molecule has 0 saturated carbocycles. The standard InChI is InChI=1S/C8H16N2O4.ClH/c1-4(12)10-5(3-11)7-8(14)6(13)2-9-7;/h5-9,11,13-14H,2-3H2,1H3,(H,10,12);1H/t5-,6-,7-,8-;/m1./s1. The molecule has 0 aliphatic carbocycles. The zero-order valence-corrected chi connectivity index (χ0v) is 9.18. The molecule has 0 aromatic rings. The van der Waals surface area contributed by atoms with Gasteiger partial charge in [-0.05, 0) is 0 Å². The maximum Gasteiger partial charge on any atom is 0.217 e. The van der Waals surface area contributed by atoms with Crippen LogP contribution in [0.4, 0.5) is 0 Å². The minimum atomic E-state index is -0.904. The molecule has 0 aromatic heterocycles. The number of aliphatic hydroxyl groups excluding tert-OH is 3. The van der Waals surface area contributed by atoms with Crippen LogP contribution in [0.15, 0.2) is 0 Å². The third kappa shape index (κ3) is 3.58. The smallest absolute Gasteiger partial charge is 0.217 e. The van der Waals surface area contributed by atoms with Gasteiger partial charge in [-0.1, -0.05) is 0 Å². The number of hydrogen-bond acceptors (Lipinski definition) is 4. The summed E-state index contributed by atoms with van der Waals surface area (Å²) in [5.74, 6) is -0.258. The number of nitrogens with one attached hydrogen (secondary N) is 1. The molecule has 1 heterocycles. The molecular weight excluding hydrogens is 224 g/mol. The lowest BCUT2D eigenvalue weighted by atomic mass is 10.0. The van der Waals surface area contributed by atoms with Crippen molar-refractivity contribution < 1.29 is 37.8 Å². The summed E-state index contributed by atoms with van der Waals surface area (Å²) in [6.07, 6.45) is -1.69. The zero-order chi connectivity index (χ0) is 10.7. The molecule has 90 valence electrons. The van der Waals surface area contributed by atoms with Crippen LogP contribution in [0, 0.1) is 0 Å². The maximum absolute atomic E-state index is 10.8. The quantitative estimate of drug-likeness (QED) is 0.338. The van der Waals surface area contributed by atoms with Gasteiger partial charge in [0.2, 0.25) is 5.91 Å². The van der Waals surface area contributed by atoms with Crippen LogP contribution >= 0.6 is 0 Å². The molecule has 0 radical (unpaired) electrons. The molecular formula is C8H17ClN2O4. The van der Waals surface area contributed by atoms with Gasteiger partial charge in [0, 0.05) is 6.92 Å². The van der Waals surface area contributed by atoms with E-state index in [1.807, 2.05) is 0 Å². The van der Waals surface area contributed by atoms with Gasteiger partial charge in [-0.2, -0.15) is 0 Å². The van der Waals surface area contributed by atoms with Gasteiger partial charge in [0.25, 0.3) is 0 Å². The Hall–Kier alpha value is -0.400. The van der Waals surface area contributed by atoms with Crippen molar-refractivity contribution in [3.63, 3.8) is 0 Å². The van der Waals surface area contributed by atoms with Gasteiger partial charge in [-0.15, -0.1) is 0 Å². The van der Waals surface area contributed by atoms with Crippen LogP contribution in [0.5, 0.6) is 0 Å². The highest BCUT2D eigenvalue weighted by Gasteiger charge is 2.42. The van der Waals surface area contributed by atoms with E-state index < -0.39 is 18.2 Å². The first-order valence-electron chi connectivity index (χ1n) is 4.63. The topological polar surface area (TPSA) is 106 Å². The average Bonchev–Trinajstić information content (AvgIpc) is 2.44. The number of nitrogens with two attached hydrogens (primary N) is 1. The molecule has 4 atom stereocenters. The predicted octanol–water partition coefficient (Wildman–Crippen LogP) is -6.85. The Morgan fingerprint density at radius 2 is 2.20 bits per heavy atom. The lowest BCUT2D eigenvalue weighted by Gasteiger charge is -2.22. The van der Waals surface area contributed by atoms with Gasteiger partial charge in [-0.3, -0.25) is 4.79 Å². The molecule has 1 amide bonds. The van der Waals surface area contributed by atoms with E-state index in [1.165, 1.54) is 6.92 Å². The zero-order valence-electron chi connectivity index (χ0n) is 8.43. The van der Waals surface area contributed by atoms with Crippen molar-refractivity contribution in [2.24, 2.45) is 0 Å². The number of carbonyl (C=O) groups excluding carboxylic acids is 1. The second-order valence-corrected chi connectivity index (χ2v) is 3.60. The summed E-state index contributed by atoms with van der Waals surface area (Å²) in [6.45, 7) is 1.49. The lowest BCUT2D eigenvalue weighted by Crippen LogP contribution is -3.00. The van der Waals surface area contributed by atoms with E-state index >= 15 is 0 Å². The molecule has 0 aromatic carbocycles. The summed E-state index contributed by atoms with van der Waals surface area (Å²) in [4.78, 5) is 10.8. The van der Waals surface area contributed by atoms with Crippen LogP contribution in [0.1, 0.15) is 6.92 Å². The largest absolute Gasteiger partial charge is 1.00 e. The highest BCUT2D eigenvalue weighted by atomic mass is 35.5. The molecule has 1 aliphatic rings. The summed E-state index contributed by atoms with van der Waals surface area (Å²) in [6, 6.07) is -0.890. The molecule has 1 saturated heterocycles. The van der Waals surface area contributed by atoms with Gasteiger partial charge in [0.15, 0.2) is 0 Å². The molecule has 1 rings (SSSR count). The molecule has 0 bridgehead atoms. The first-order valence-corrected chi connectivity index (χ1v) is 4.63. The number of carbonyl (C=O) groups is 1. The molecule has 1 aliphatic heterocycles. The Bertz CT molecular complexity index is 217. The third-order valence-corrected chi connectivity index (χ3v) is 2.49. The van der Waals surface area contributed by atoms with Crippen LogP contribution < -0.4 is 23.0 Å². The average molecular weight is 241 g/mol. The summed E-state index contributed by atoms with van der Waals surface area (Å²) >= 11 is 0. The summed E-state index contributed by atoms with van der Waals surface area (Å²) in [5, 5.41) is 32.1. The number of quaternary nitrogens is 1. The number of halogens is 1. The maximum atomic E-state index is 10.8. The van der Waals surface area contributed by atoms with Crippen LogP contribution in [-0.4, -0.2) is 58.7 Å². The fourth-order valence-electron chi connectivity index (χ4n) is 1.76. The molecule has 7 heteroatoms. The molecule has 1 fully saturated rings. The lowest BCUT2D eigenvalue weighted by molar-refractivity contribution is -0.677. The molecule has 0 unspecified atom stereocenters. The Morgan fingerprint density at radius 3 is 2.53 bits per heavy atom. The third-order valence-electron chi connectivity index (χ3n) is 2.49. The van der Waals surface area contributed by atoms with Crippen molar-refractivity contribution >= 4 is 5.91 Å². The monoisotopic (exact) mass is 240 g/mol. The SMILES string of the molecule is CC(=O)N[C@H](CO)[C@H]1[NH2+]C[C@@H](O)[C@H]1O.[Cl-]. The molecule has 0 spiro atoms. The second-order valence-electron chi connectivity index (χ2n) is 3.60. The van der Waals surface area contributed by atoms with Gasteiger partial charge in [0.1, 0.15) is 30.8 Å². The minimum Gasteiger partial charge on any atom is -1.00 e. The van der Waals surface area contributed by atoms with E-state index in [0.29, 0.717) is 6.54 Å². The van der Waals surface area contributed by atoms with Crippen molar-refractivity contribution in [3.05, 3.63) is 0 Å². The van der Waals surface area contributed by atoms with Crippen LogP contribution in [-0.2, 0) is 4.79 Å². The van der Waals surface area contributed by atoms with E-state index in [1.54, 1.807) is 5.32 Å². The van der Waals surface area contributed by atoms with Gasteiger partial charge < -0.3 is 38.4 Å². The van der Waals surface area contributed by atoms with Gasteiger partial charge in [0.05, 0.1) is 6.61 Å². The Morgan fingerprint density at radius 1 is 1.60 bits per heavy atom. The Labute approximate surface area is 94.1 Å². The number of amides is 1. The number of rotatable bonds is 3. The van der Waals surface area contributed by atoms with Crippen LogP contribution in [0.3, 0.4) is 0 Å². The van der Waals surface area contributed by atoms with E-state index in [-0.39, 0.29) is 31.0 Å². The van der Waals surface area contributed by atoms with Crippen molar-refractivity contribution in [1.82, 2.24) is 5.32 Å². The molecule has 15 heavy (non-hydrogen) atoms. The predicted molar refractivity (Wildman–Crippen MR) is 47.3 cm³/mol. The van der Waals surface area contributed by atoms with Crippen molar-refractivity contribution in [2.45, 2.75) is 31.2 Å². The summed E-state index contributed by atoms with van der Waals surface area (Å²) in [7, 11) is 0. The van der Waals surface area contributed by atoms with E-state index in [0.717, 1.165) is 0 Å². The number of aliphatic hydroxyl groups is 3. The van der Waals surface area contributed by atoms with Gasteiger partial charge >= 0.3 is 0 Å². The first kappa shape index (κ1) is 14.6. The highest BCUT2D eigenvalue weighted by molar-refractivity contribution is 5.73. The van der Waals surface area contributed by atoms with Crippen molar-refractivity contribution in [1.29, 1.82) is 0 Å². The normalized spacial score (nSPS) is 31.9. The highest BCUT2D eigenvalue weighted by Crippen LogP contribution is 2.05. The molecule has 6 N–H and O–H groups in total. The second kappa shape index (κ2) is 6.24. The van der Waals surface area contributed by atoms with Crippen LogP contribution in [0.2, 0.25) is 0 Å². The van der Waals surface area contributed by atoms with Crippen molar-refractivity contribution in [3.8, 4) is 0 Å². The minimum absolute atomic E-state index is 0. The van der Waals surface area contributed by atoms with Gasteiger partial charge in [-0.25, -0.2) is 0 Å². The summed E-state index contributed by atoms with van der Waals surface area (Å²) in [5.41, 5.74) is 0. The Kier molecular flexibility index (Phi) is 6.07. The first-order chi connectivity index (χ1) is 6.56. The number of hydrogen-bond donors (Lipinski definition) is 5. The van der Waals surface area contributed by atoms with Crippen molar-refractivity contribution in [2.75, 3.05) is 13.2 Å². The summed E-state index contributed by atoms with van der Waals surface area (Å²) < 4.78 is 0. The fourth-order valence-corrected chi connectivity index (χ4v) is 1.76. The van der Waals surface area contributed by atoms with E-state index in [9.17, 15) is 15.0 Å². The van der Waals surface area contributed by atoms with Crippen LogP contribution in [0.25, 0.3) is 0 Å². The Balaban J connectivity index is 0.00000196. The molecule has 6 nitrogen and oxygen atoms in total. The fraction of sp³-hybridized carbons (Fsp3) is 0.875. The van der Waals surface area contributed by atoms with E-state index in [4.69, 9.17) is 5.11 Å². The van der Waals surface area contributed by atoms with E-state index in [2.05, 4.69) is 5.32 Å².